The SMILES string of the molecule is NC1=CC(c2cnc3n[nH]c(-c4cc5c(N6CCCCC6)nccc5[nH]4)c3c2)=CCN=C1. The van der Waals surface area contributed by atoms with Crippen LogP contribution in [0.15, 0.2) is 53.4 Å². The highest BCUT2D eigenvalue weighted by Gasteiger charge is 2.18. The zero-order valence-corrected chi connectivity index (χ0v) is 17.7. The quantitative estimate of drug-likeness (QED) is 0.463. The number of rotatable bonds is 3. The van der Waals surface area contributed by atoms with E-state index in [-0.39, 0.29) is 0 Å². The van der Waals surface area contributed by atoms with Gasteiger partial charge in [0.25, 0.3) is 0 Å². The van der Waals surface area contributed by atoms with Crippen LogP contribution in [0.4, 0.5) is 5.82 Å². The van der Waals surface area contributed by atoms with E-state index in [0.717, 1.165) is 57.7 Å². The van der Waals surface area contributed by atoms with Crippen LogP contribution in [0.1, 0.15) is 24.8 Å². The number of nitrogens with one attached hydrogen (secondary N) is 2. The van der Waals surface area contributed by atoms with Gasteiger partial charge in [-0.2, -0.15) is 5.10 Å². The van der Waals surface area contributed by atoms with E-state index in [0.29, 0.717) is 17.9 Å². The van der Waals surface area contributed by atoms with Crippen molar-refractivity contribution in [2.24, 2.45) is 10.7 Å². The molecule has 0 atom stereocenters. The lowest BCUT2D eigenvalue weighted by atomic mass is 10.0. The molecule has 2 aliphatic heterocycles. The summed E-state index contributed by atoms with van der Waals surface area (Å²) in [5.41, 5.74) is 12.3. The van der Waals surface area contributed by atoms with Crippen LogP contribution in [0.2, 0.25) is 0 Å². The maximum atomic E-state index is 6.01. The van der Waals surface area contributed by atoms with E-state index in [1.807, 2.05) is 24.5 Å². The Labute approximate surface area is 185 Å². The van der Waals surface area contributed by atoms with Crippen molar-refractivity contribution in [1.82, 2.24) is 25.1 Å². The Balaban J connectivity index is 1.44. The zero-order valence-electron chi connectivity index (χ0n) is 17.7. The molecule has 0 amide bonds. The molecule has 0 aliphatic carbocycles. The minimum Gasteiger partial charge on any atom is -0.397 e. The Morgan fingerprint density at radius 1 is 1.03 bits per heavy atom. The summed E-state index contributed by atoms with van der Waals surface area (Å²) in [6.07, 6.45) is 13.1. The number of aromatic amines is 2. The third-order valence-corrected chi connectivity index (χ3v) is 6.17. The van der Waals surface area contributed by atoms with Gasteiger partial charge in [-0.1, -0.05) is 6.08 Å². The molecule has 2 aliphatic rings. The smallest absolute Gasteiger partial charge is 0.181 e. The van der Waals surface area contributed by atoms with Gasteiger partial charge in [-0.15, -0.1) is 0 Å². The number of fused-ring (bicyclic) bond motifs is 2. The van der Waals surface area contributed by atoms with Crippen LogP contribution in [-0.4, -0.2) is 51.0 Å². The van der Waals surface area contributed by atoms with Gasteiger partial charge >= 0.3 is 0 Å². The summed E-state index contributed by atoms with van der Waals surface area (Å²) in [6, 6.07) is 6.30. The van der Waals surface area contributed by atoms with Crippen molar-refractivity contribution in [3.05, 3.63) is 54.0 Å². The molecule has 8 nitrogen and oxygen atoms in total. The normalized spacial score (nSPS) is 16.9. The molecule has 0 unspecified atom stereocenters. The van der Waals surface area contributed by atoms with Crippen molar-refractivity contribution in [3.8, 4) is 11.4 Å². The highest BCUT2D eigenvalue weighted by Crippen LogP contribution is 2.33. The number of hydrogen-bond donors (Lipinski definition) is 3. The van der Waals surface area contributed by atoms with Crippen LogP contribution in [0.5, 0.6) is 0 Å². The monoisotopic (exact) mass is 424 g/mol. The van der Waals surface area contributed by atoms with E-state index < -0.39 is 0 Å². The van der Waals surface area contributed by atoms with Crippen molar-refractivity contribution in [3.63, 3.8) is 0 Å². The Kier molecular flexibility index (Phi) is 4.49. The Bertz CT molecular complexity index is 1400. The first kappa shape index (κ1) is 18.8. The molecular formula is C24H24N8. The predicted octanol–water partition coefficient (Wildman–Crippen LogP) is 3.80. The fourth-order valence-corrected chi connectivity index (χ4v) is 4.58. The minimum absolute atomic E-state index is 0.594. The summed E-state index contributed by atoms with van der Waals surface area (Å²) in [4.78, 5) is 19.5. The van der Waals surface area contributed by atoms with Gasteiger partial charge < -0.3 is 15.6 Å². The number of H-pyrrole nitrogens is 2. The van der Waals surface area contributed by atoms with Crippen LogP contribution in [0.3, 0.4) is 0 Å². The molecular weight excluding hydrogens is 400 g/mol. The minimum atomic E-state index is 0.594. The molecule has 4 aromatic heterocycles. The number of nitrogens with two attached hydrogens (primary N) is 1. The van der Waals surface area contributed by atoms with Gasteiger partial charge in [0.05, 0.1) is 29.1 Å². The fraction of sp³-hybridized carbons (Fsp3) is 0.250. The number of anilines is 1. The van der Waals surface area contributed by atoms with E-state index in [1.165, 1.54) is 19.3 Å². The van der Waals surface area contributed by atoms with Gasteiger partial charge in [-0.3, -0.25) is 10.1 Å². The third kappa shape index (κ3) is 3.24. The van der Waals surface area contributed by atoms with Crippen molar-refractivity contribution in [1.29, 1.82) is 0 Å². The number of pyridine rings is 2. The molecule has 0 bridgehead atoms. The first-order valence-electron chi connectivity index (χ1n) is 11.0. The molecule has 1 fully saturated rings. The number of aromatic nitrogens is 5. The molecule has 8 heteroatoms. The second-order valence-corrected chi connectivity index (χ2v) is 8.32. The van der Waals surface area contributed by atoms with Crippen LogP contribution in [0, 0.1) is 0 Å². The summed E-state index contributed by atoms with van der Waals surface area (Å²) in [5.74, 6) is 1.05. The molecule has 4 N–H and O–H groups in total. The van der Waals surface area contributed by atoms with E-state index in [9.17, 15) is 0 Å². The van der Waals surface area contributed by atoms with Gasteiger partial charge in [0.2, 0.25) is 0 Å². The number of allylic oxidation sites excluding steroid dienone is 3. The van der Waals surface area contributed by atoms with Gasteiger partial charge in [0.1, 0.15) is 5.82 Å². The van der Waals surface area contributed by atoms with Crippen LogP contribution < -0.4 is 10.6 Å². The van der Waals surface area contributed by atoms with E-state index in [1.54, 1.807) is 6.21 Å². The summed E-state index contributed by atoms with van der Waals surface area (Å²) < 4.78 is 0. The summed E-state index contributed by atoms with van der Waals surface area (Å²) in [7, 11) is 0. The predicted molar refractivity (Wildman–Crippen MR) is 129 cm³/mol. The first-order chi connectivity index (χ1) is 15.8. The Hall–Kier alpha value is -3.94. The van der Waals surface area contributed by atoms with Crippen molar-refractivity contribution in [2.45, 2.75) is 19.3 Å². The number of hydrogen-bond acceptors (Lipinski definition) is 6. The van der Waals surface area contributed by atoms with Gasteiger partial charge in [-0.25, -0.2) is 9.97 Å². The molecule has 4 aromatic rings. The molecule has 0 aromatic carbocycles. The molecule has 160 valence electrons. The summed E-state index contributed by atoms with van der Waals surface area (Å²) in [5, 5.41) is 9.70. The first-order valence-corrected chi connectivity index (χ1v) is 11.0. The molecule has 0 saturated carbocycles. The van der Waals surface area contributed by atoms with Gasteiger partial charge in [0.15, 0.2) is 5.65 Å². The average Bonchev–Trinajstić information content (AvgIpc) is 3.38. The highest BCUT2D eigenvalue weighted by molar-refractivity contribution is 5.99. The Morgan fingerprint density at radius 3 is 2.84 bits per heavy atom. The van der Waals surface area contributed by atoms with E-state index in [2.05, 4.69) is 48.3 Å². The van der Waals surface area contributed by atoms with Gasteiger partial charge in [0, 0.05) is 48.0 Å². The lowest BCUT2D eigenvalue weighted by Gasteiger charge is -2.28. The molecule has 0 spiro atoms. The van der Waals surface area contributed by atoms with Crippen molar-refractivity contribution >= 4 is 39.5 Å². The topological polar surface area (TPSA) is 112 Å². The number of aliphatic imine (C=N–C) groups is 1. The maximum Gasteiger partial charge on any atom is 0.181 e. The molecule has 1 saturated heterocycles. The molecule has 6 rings (SSSR count). The van der Waals surface area contributed by atoms with Crippen molar-refractivity contribution in [2.75, 3.05) is 24.5 Å². The van der Waals surface area contributed by atoms with E-state index in [4.69, 9.17) is 10.7 Å². The van der Waals surface area contributed by atoms with E-state index >= 15 is 0 Å². The average molecular weight is 425 g/mol. The molecule has 0 radical (unpaired) electrons. The highest BCUT2D eigenvalue weighted by atomic mass is 15.2. The zero-order chi connectivity index (χ0) is 21.5. The third-order valence-electron chi connectivity index (χ3n) is 6.17. The van der Waals surface area contributed by atoms with Crippen LogP contribution >= 0.6 is 0 Å². The lowest BCUT2D eigenvalue weighted by Crippen LogP contribution is -2.30. The van der Waals surface area contributed by atoms with Crippen LogP contribution in [0.25, 0.3) is 38.9 Å². The number of nitrogens with zero attached hydrogens (tertiary/aromatic N) is 5. The fourth-order valence-electron chi connectivity index (χ4n) is 4.58. The van der Waals surface area contributed by atoms with Crippen LogP contribution in [-0.2, 0) is 0 Å². The molecule has 32 heavy (non-hydrogen) atoms. The standard InChI is InChI=1S/C24H24N8/c25-17-10-15(4-6-26-14-17)16-11-19-22(30-31-23(19)28-13-16)21-12-18-20(29-21)5-7-27-24(18)32-8-2-1-3-9-32/h4-5,7,10-14,29H,1-3,6,8-9,25H2,(H,28,30,31). The Morgan fingerprint density at radius 2 is 1.94 bits per heavy atom. The number of piperidine rings is 1. The molecule has 6 heterocycles. The lowest BCUT2D eigenvalue weighted by molar-refractivity contribution is 0.575. The van der Waals surface area contributed by atoms with Crippen molar-refractivity contribution < 1.29 is 0 Å². The van der Waals surface area contributed by atoms with Gasteiger partial charge in [-0.05, 0) is 49.1 Å². The summed E-state index contributed by atoms with van der Waals surface area (Å²) >= 11 is 0. The summed E-state index contributed by atoms with van der Waals surface area (Å²) in [6.45, 7) is 2.71. The second kappa shape index (κ2) is 7.64. The second-order valence-electron chi connectivity index (χ2n) is 8.32. The maximum absolute atomic E-state index is 6.01. The largest absolute Gasteiger partial charge is 0.397 e.